The normalized spacial score (nSPS) is 25.2. The Morgan fingerprint density at radius 1 is 1.31 bits per heavy atom. The molecule has 1 heterocycles. The lowest BCUT2D eigenvalue weighted by molar-refractivity contribution is 0.203. The molecular weight excluding hydrogens is 196 g/mol. The average molecular weight is 220 g/mol. The van der Waals surface area contributed by atoms with Crippen LogP contribution < -0.4 is 5.32 Å². The lowest BCUT2D eigenvalue weighted by atomic mass is 9.99. The highest BCUT2D eigenvalue weighted by atomic mass is 15.2. The molecule has 0 aromatic rings. The van der Waals surface area contributed by atoms with Gasteiger partial charge in [0.2, 0.25) is 0 Å². The van der Waals surface area contributed by atoms with Gasteiger partial charge >= 0.3 is 0 Å². The molecule has 2 heteroatoms. The summed E-state index contributed by atoms with van der Waals surface area (Å²) in [5.41, 5.74) is 0. The quantitative estimate of drug-likeness (QED) is 0.712. The Balaban J connectivity index is 1.74. The molecule has 0 aromatic heterocycles. The van der Waals surface area contributed by atoms with Gasteiger partial charge in [0.05, 0.1) is 0 Å². The number of rotatable bonds is 5. The largest absolute Gasteiger partial charge is 0.316 e. The van der Waals surface area contributed by atoms with E-state index in [1.807, 2.05) is 6.92 Å². The minimum absolute atomic E-state index is 0.879. The summed E-state index contributed by atoms with van der Waals surface area (Å²) >= 11 is 0. The summed E-state index contributed by atoms with van der Waals surface area (Å²) in [7, 11) is 0. The number of nitrogens with zero attached hydrogens (tertiary/aromatic N) is 1. The molecule has 2 fully saturated rings. The van der Waals surface area contributed by atoms with Crippen molar-refractivity contribution >= 4 is 0 Å². The summed E-state index contributed by atoms with van der Waals surface area (Å²) in [6.07, 6.45) is 6.65. The van der Waals surface area contributed by atoms with Crippen LogP contribution in [0.5, 0.6) is 0 Å². The summed E-state index contributed by atoms with van der Waals surface area (Å²) < 4.78 is 0. The molecule has 0 radical (unpaired) electrons. The molecule has 1 aliphatic carbocycles. The molecule has 1 saturated heterocycles. The molecule has 2 aliphatic rings. The van der Waals surface area contributed by atoms with Crippen molar-refractivity contribution < 1.29 is 0 Å². The van der Waals surface area contributed by atoms with Gasteiger partial charge in [0.15, 0.2) is 0 Å². The highest BCUT2D eigenvalue weighted by molar-refractivity contribution is 4.97. The first-order valence-corrected chi connectivity index (χ1v) is 6.74. The minimum Gasteiger partial charge on any atom is -0.316 e. The number of piperidine rings is 1. The van der Waals surface area contributed by atoms with Crippen LogP contribution in [0.2, 0.25) is 0 Å². The van der Waals surface area contributed by atoms with Crippen molar-refractivity contribution in [1.29, 1.82) is 0 Å². The number of hydrogen-bond donors (Lipinski definition) is 1. The fraction of sp³-hybridized carbons (Fsp3) is 0.857. The van der Waals surface area contributed by atoms with E-state index in [9.17, 15) is 0 Å². The van der Waals surface area contributed by atoms with Gasteiger partial charge < -0.3 is 5.32 Å². The first kappa shape index (κ1) is 12.0. The van der Waals surface area contributed by atoms with Gasteiger partial charge in [-0.3, -0.25) is 4.90 Å². The van der Waals surface area contributed by atoms with Gasteiger partial charge in [0.25, 0.3) is 0 Å². The molecule has 2 nitrogen and oxygen atoms in total. The molecule has 16 heavy (non-hydrogen) atoms. The molecule has 1 aliphatic heterocycles. The monoisotopic (exact) mass is 220 g/mol. The van der Waals surface area contributed by atoms with Crippen LogP contribution in [0.3, 0.4) is 0 Å². The minimum atomic E-state index is 0.879. The third-order valence-electron chi connectivity index (χ3n) is 3.66. The molecule has 1 unspecified atom stereocenters. The second kappa shape index (κ2) is 6.27. The molecule has 0 amide bonds. The van der Waals surface area contributed by atoms with Crippen molar-refractivity contribution in [2.24, 2.45) is 5.92 Å². The van der Waals surface area contributed by atoms with Crippen molar-refractivity contribution in [2.45, 2.75) is 45.1 Å². The lowest BCUT2D eigenvalue weighted by Crippen LogP contribution is -2.39. The van der Waals surface area contributed by atoms with E-state index in [4.69, 9.17) is 0 Å². The Morgan fingerprint density at radius 2 is 2.19 bits per heavy atom. The van der Waals surface area contributed by atoms with Gasteiger partial charge in [-0.2, -0.15) is 0 Å². The van der Waals surface area contributed by atoms with Gasteiger partial charge in [-0.1, -0.05) is 0 Å². The summed E-state index contributed by atoms with van der Waals surface area (Å²) in [5.74, 6) is 7.07. The Bertz CT molecular complexity index is 254. The van der Waals surface area contributed by atoms with Gasteiger partial charge in [0.1, 0.15) is 0 Å². The Morgan fingerprint density at radius 3 is 2.81 bits per heavy atom. The average Bonchev–Trinajstić information content (AvgIpc) is 3.13. The number of hydrogen-bond acceptors (Lipinski definition) is 2. The fourth-order valence-electron chi connectivity index (χ4n) is 2.60. The molecule has 1 saturated carbocycles. The van der Waals surface area contributed by atoms with Crippen LogP contribution in [0.4, 0.5) is 0 Å². The Labute approximate surface area is 99.8 Å². The van der Waals surface area contributed by atoms with Crippen molar-refractivity contribution in [3.8, 4) is 11.8 Å². The Kier molecular flexibility index (Phi) is 4.69. The second-order valence-electron chi connectivity index (χ2n) is 5.12. The predicted octanol–water partition coefficient (Wildman–Crippen LogP) is 1.86. The van der Waals surface area contributed by atoms with Crippen LogP contribution in [0.25, 0.3) is 0 Å². The molecule has 1 N–H and O–H groups in total. The van der Waals surface area contributed by atoms with Gasteiger partial charge in [-0.25, -0.2) is 0 Å². The molecule has 1 atom stereocenters. The molecule has 0 spiro atoms. The van der Waals surface area contributed by atoms with E-state index in [1.54, 1.807) is 0 Å². The summed E-state index contributed by atoms with van der Waals surface area (Å²) in [4.78, 5) is 2.68. The van der Waals surface area contributed by atoms with E-state index in [2.05, 4.69) is 22.1 Å². The van der Waals surface area contributed by atoms with Crippen molar-refractivity contribution in [3.05, 3.63) is 0 Å². The van der Waals surface area contributed by atoms with E-state index < -0.39 is 0 Å². The summed E-state index contributed by atoms with van der Waals surface area (Å²) in [6.45, 7) is 6.86. The van der Waals surface area contributed by atoms with Crippen LogP contribution >= 0.6 is 0 Å². The van der Waals surface area contributed by atoms with Gasteiger partial charge in [-0.05, 0) is 51.6 Å². The van der Waals surface area contributed by atoms with Crippen molar-refractivity contribution in [2.75, 3.05) is 26.2 Å². The predicted molar refractivity (Wildman–Crippen MR) is 68.3 cm³/mol. The molecular formula is C14H24N2. The van der Waals surface area contributed by atoms with Crippen LogP contribution in [0.15, 0.2) is 0 Å². The van der Waals surface area contributed by atoms with Crippen LogP contribution in [-0.4, -0.2) is 37.1 Å². The zero-order valence-corrected chi connectivity index (χ0v) is 10.5. The first-order chi connectivity index (χ1) is 7.90. The van der Waals surface area contributed by atoms with E-state index in [1.165, 1.54) is 51.9 Å². The third kappa shape index (κ3) is 3.81. The van der Waals surface area contributed by atoms with Crippen molar-refractivity contribution in [1.82, 2.24) is 10.2 Å². The lowest BCUT2D eigenvalue weighted by Gasteiger charge is -2.29. The molecule has 2 rings (SSSR count). The van der Waals surface area contributed by atoms with Crippen molar-refractivity contribution in [3.63, 3.8) is 0 Å². The maximum Gasteiger partial charge on any atom is 0.0217 e. The first-order valence-electron chi connectivity index (χ1n) is 6.74. The molecule has 0 aromatic carbocycles. The SMILES string of the molecule is CC#CCCN(CC1CCCNC1)C1CC1. The fourth-order valence-corrected chi connectivity index (χ4v) is 2.60. The van der Waals surface area contributed by atoms with Crippen LogP contribution in [-0.2, 0) is 0 Å². The third-order valence-corrected chi connectivity index (χ3v) is 3.66. The Hall–Kier alpha value is -0.520. The zero-order valence-electron chi connectivity index (χ0n) is 10.5. The smallest absolute Gasteiger partial charge is 0.0217 e. The van der Waals surface area contributed by atoms with E-state index in [0.717, 1.165) is 18.4 Å². The highest BCUT2D eigenvalue weighted by Gasteiger charge is 2.30. The summed E-state index contributed by atoms with van der Waals surface area (Å²) in [5, 5.41) is 3.51. The van der Waals surface area contributed by atoms with E-state index in [0.29, 0.717) is 0 Å². The van der Waals surface area contributed by atoms with Gasteiger partial charge in [0, 0.05) is 25.6 Å². The van der Waals surface area contributed by atoms with Gasteiger partial charge in [-0.15, -0.1) is 11.8 Å². The standard InChI is InChI=1S/C14H24N2/c1-2-3-4-10-16(14-7-8-14)12-13-6-5-9-15-11-13/h13-15H,4-12H2,1H3. The zero-order chi connectivity index (χ0) is 11.2. The number of nitrogens with one attached hydrogen (secondary N) is 1. The van der Waals surface area contributed by atoms with E-state index in [-0.39, 0.29) is 0 Å². The van der Waals surface area contributed by atoms with Crippen LogP contribution in [0.1, 0.15) is 39.0 Å². The highest BCUT2D eigenvalue weighted by Crippen LogP contribution is 2.28. The molecule has 90 valence electrons. The van der Waals surface area contributed by atoms with E-state index >= 15 is 0 Å². The second-order valence-corrected chi connectivity index (χ2v) is 5.12. The topological polar surface area (TPSA) is 15.3 Å². The maximum atomic E-state index is 3.51. The summed E-state index contributed by atoms with van der Waals surface area (Å²) in [6, 6.07) is 0.889. The maximum absolute atomic E-state index is 3.51. The molecule has 0 bridgehead atoms. The van der Waals surface area contributed by atoms with Crippen LogP contribution in [0, 0.1) is 17.8 Å².